The Bertz CT molecular complexity index is 531. The Labute approximate surface area is 120 Å². The molecule has 0 fully saturated rings. The zero-order chi connectivity index (χ0) is 15.1. The summed E-state index contributed by atoms with van der Waals surface area (Å²) in [5.41, 5.74) is 5.32. The molecule has 0 amide bonds. The van der Waals surface area contributed by atoms with Crippen molar-refractivity contribution in [1.29, 1.82) is 0 Å². The van der Waals surface area contributed by atoms with Crippen LogP contribution in [0, 0.1) is 5.92 Å². The molecule has 0 saturated heterocycles. The number of aromatic nitrogens is 2. The second-order valence-electron chi connectivity index (χ2n) is 5.39. The average Bonchev–Trinajstić information content (AvgIpc) is 2.44. The Morgan fingerprint density at radius 3 is 2.45 bits per heavy atom. The maximum absolute atomic E-state index is 12.3. The molecule has 0 aliphatic rings. The highest BCUT2D eigenvalue weighted by molar-refractivity contribution is 5.30. The molecule has 1 heterocycles. The van der Waals surface area contributed by atoms with E-state index in [9.17, 15) is 9.59 Å². The lowest BCUT2D eigenvalue weighted by atomic mass is 9.99. The monoisotopic (exact) mass is 281 g/mol. The Morgan fingerprint density at radius 1 is 1.20 bits per heavy atom. The minimum atomic E-state index is -0.350. The van der Waals surface area contributed by atoms with Gasteiger partial charge in [0, 0.05) is 19.3 Å². The summed E-state index contributed by atoms with van der Waals surface area (Å²) in [6.07, 6.45) is 6.57. The number of nitrogens with zero attached hydrogens (tertiary/aromatic N) is 2. The quantitative estimate of drug-likeness (QED) is 0.794. The van der Waals surface area contributed by atoms with Crippen molar-refractivity contribution < 1.29 is 0 Å². The van der Waals surface area contributed by atoms with Gasteiger partial charge in [-0.25, -0.2) is 4.79 Å². The van der Waals surface area contributed by atoms with Crippen LogP contribution in [0.4, 0.5) is 5.69 Å². The van der Waals surface area contributed by atoms with E-state index in [1.807, 2.05) is 6.92 Å². The van der Waals surface area contributed by atoms with Gasteiger partial charge in [-0.15, -0.1) is 0 Å². The molecule has 114 valence electrons. The Balaban J connectivity index is 3.09. The van der Waals surface area contributed by atoms with Gasteiger partial charge in [-0.3, -0.25) is 13.9 Å². The summed E-state index contributed by atoms with van der Waals surface area (Å²) in [6, 6.07) is 0. The summed E-state index contributed by atoms with van der Waals surface area (Å²) < 4.78 is 2.86. The van der Waals surface area contributed by atoms with Crippen molar-refractivity contribution in [3.63, 3.8) is 0 Å². The molecule has 0 bridgehead atoms. The van der Waals surface area contributed by atoms with Crippen molar-refractivity contribution in [3.8, 4) is 0 Å². The average molecular weight is 281 g/mol. The molecule has 1 rings (SSSR count). The predicted molar refractivity (Wildman–Crippen MR) is 83.0 cm³/mol. The maximum Gasteiger partial charge on any atom is 0.331 e. The summed E-state index contributed by atoms with van der Waals surface area (Å²) in [6.45, 7) is 7.31. The molecule has 5 nitrogen and oxygen atoms in total. The van der Waals surface area contributed by atoms with Crippen LogP contribution in [0.3, 0.4) is 0 Å². The normalized spacial score (nSPS) is 12.6. The molecule has 5 heteroatoms. The van der Waals surface area contributed by atoms with Crippen LogP contribution in [0.25, 0.3) is 0 Å². The lowest BCUT2D eigenvalue weighted by Crippen LogP contribution is -2.42. The van der Waals surface area contributed by atoms with Gasteiger partial charge in [-0.05, 0) is 18.8 Å². The fourth-order valence-corrected chi connectivity index (χ4v) is 2.41. The fourth-order valence-electron chi connectivity index (χ4n) is 2.41. The van der Waals surface area contributed by atoms with Crippen molar-refractivity contribution in [2.24, 2.45) is 5.92 Å². The number of nitrogens with two attached hydrogens (primary N) is 1. The molecule has 1 aromatic heterocycles. The van der Waals surface area contributed by atoms with Crippen LogP contribution in [-0.4, -0.2) is 9.13 Å². The molecule has 2 N–H and O–H groups in total. The third-order valence-electron chi connectivity index (χ3n) is 3.71. The second kappa shape index (κ2) is 7.92. The van der Waals surface area contributed by atoms with Gasteiger partial charge in [-0.2, -0.15) is 0 Å². The second-order valence-corrected chi connectivity index (χ2v) is 5.39. The third-order valence-corrected chi connectivity index (χ3v) is 3.71. The van der Waals surface area contributed by atoms with E-state index < -0.39 is 0 Å². The topological polar surface area (TPSA) is 70.0 Å². The maximum atomic E-state index is 12.3. The molecule has 20 heavy (non-hydrogen) atoms. The van der Waals surface area contributed by atoms with Crippen LogP contribution in [0.15, 0.2) is 15.8 Å². The molecule has 0 aliphatic heterocycles. The molecule has 1 atom stereocenters. The molecule has 0 radical (unpaired) electrons. The molecule has 1 unspecified atom stereocenters. The molecule has 0 aliphatic carbocycles. The van der Waals surface area contributed by atoms with Crippen LogP contribution < -0.4 is 17.0 Å². The van der Waals surface area contributed by atoms with Gasteiger partial charge in [-0.1, -0.05) is 40.0 Å². The Kier molecular flexibility index (Phi) is 6.55. The first kappa shape index (κ1) is 16.5. The van der Waals surface area contributed by atoms with Gasteiger partial charge < -0.3 is 5.73 Å². The van der Waals surface area contributed by atoms with Gasteiger partial charge in [0.2, 0.25) is 0 Å². The van der Waals surface area contributed by atoms with E-state index in [0.29, 0.717) is 19.0 Å². The SMILES string of the molecule is CCCCC(CC)Cn1c(=O)c(N)cn(CCC)c1=O. The van der Waals surface area contributed by atoms with Gasteiger partial charge in [0.25, 0.3) is 5.56 Å². The molecular formula is C15H27N3O2. The lowest BCUT2D eigenvalue weighted by molar-refractivity contribution is 0.371. The smallest absolute Gasteiger partial charge is 0.331 e. The fraction of sp³-hybridized carbons (Fsp3) is 0.733. The van der Waals surface area contributed by atoms with Crippen LogP contribution in [-0.2, 0) is 13.1 Å². The predicted octanol–water partition coefficient (Wildman–Crippen LogP) is 2.22. The van der Waals surface area contributed by atoms with Crippen LogP contribution in [0.1, 0.15) is 52.9 Å². The minimum absolute atomic E-state index is 0.156. The van der Waals surface area contributed by atoms with Crippen LogP contribution >= 0.6 is 0 Å². The first-order chi connectivity index (χ1) is 9.54. The highest BCUT2D eigenvalue weighted by Crippen LogP contribution is 2.13. The highest BCUT2D eigenvalue weighted by atomic mass is 16.2. The van der Waals surface area contributed by atoms with Crippen molar-refractivity contribution in [2.75, 3.05) is 5.73 Å². The van der Waals surface area contributed by atoms with Crippen LogP contribution in [0.5, 0.6) is 0 Å². The largest absolute Gasteiger partial charge is 0.393 e. The van der Waals surface area contributed by atoms with E-state index in [1.165, 1.54) is 10.8 Å². The van der Waals surface area contributed by atoms with Crippen molar-refractivity contribution in [1.82, 2.24) is 9.13 Å². The molecule has 0 spiro atoms. The molecule has 1 aromatic rings. The molecule has 0 aromatic carbocycles. The van der Waals surface area contributed by atoms with Crippen molar-refractivity contribution >= 4 is 5.69 Å². The van der Waals surface area contributed by atoms with E-state index in [1.54, 1.807) is 4.57 Å². The first-order valence-electron chi connectivity index (χ1n) is 7.64. The van der Waals surface area contributed by atoms with Crippen molar-refractivity contribution in [2.45, 2.75) is 66.0 Å². The van der Waals surface area contributed by atoms with Crippen molar-refractivity contribution in [3.05, 3.63) is 27.0 Å². The van der Waals surface area contributed by atoms with Gasteiger partial charge in [0.15, 0.2) is 0 Å². The van der Waals surface area contributed by atoms with E-state index in [2.05, 4.69) is 13.8 Å². The zero-order valence-electron chi connectivity index (χ0n) is 12.9. The molecule has 0 saturated carbocycles. The van der Waals surface area contributed by atoms with E-state index in [4.69, 9.17) is 5.73 Å². The van der Waals surface area contributed by atoms with E-state index >= 15 is 0 Å². The highest BCUT2D eigenvalue weighted by Gasteiger charge is 2.13. The minimum Gasteiger partial charge on any atom is -0.393 e. The number of hydrogen-bond donors (Lipinski definition) is 1. The zero-order valence-corrected chi connectivity index (χ0v) is 12.9. The number of unbranched alkanes of at least 4 members (excludes halogenated alkanes) is 1. The lowest BCUT2D eigenvalue weighted by Gasteiger charge is -2.17. The van der Waals surface area contributed by atoms with E-state index in [-0.39, 0.29) is 16.9 Å². The summed E-state index contributed by atoms with van der Waals surface area (Å²) in [5, 5.41) is 0. The van der Waals surface area contributed by atoms with Crippen LogP contribution in [0.2, 0.25) is 0 Å². The first-order valence-corrected chi connectivity index (χ1v) is 7.64. The Hall–Kier alpha value is -1.52. The third kappa shape index (κ3) is 3.99. The number of nitrogen functional groups attached to an aromatic ring is 1. The summed E-state index contributed by atoms with van der Waals surface area (Å²) in [7, 11) is 0. The van der Waals surface area contributed by atoms with E-state index in [0.717, 1.165) is 32.1 Å². The van der Waals surface area contributed by atoms with Gasteiger partial charge in [0.05, 0.1) is 0 Å². The standard InChI is InChI=1S/C15H27N3O2/c1-4-7-8-12(6-3)10-18-14(19)13(16)11-17(9-5-2)15(18)20/h11-12H,4-10,16H2,1-3H3. The van der Waals surface area contributed by atoms with Gasteiger partial charge >= 0.3 is 5.69 Å². The van der Waals surface area contributed by atoms with Gasteiger partial charge in [0.1, 0.15) is 5.69 Å². The molecular weight excluding hydrogens is 254 g/mol. The number of rotatable bonds is 8. The Morgan fingerprint density at radius 2 is 1.90 bits per heavy atom. The summed E-state index contributed by atoms with van der Waals surface area (Å²) in [4.78, 5) is 24.4. The summed E-state index contributed by atoms with van der Waals surface area (Å²) >= 11 is 0. The number of anilines is 1. The summed E-state index contributed by atoms with van der Waals surface area (Å²) in [5.74, 6) is 0.359. The number of hydrogen-bond acceptors (Lipinski definition) is 3. The number of aryl methyl sites for hydroxylation is 1.